The van der Waals surface area contributed by atoms with Crippen LogP contribution in [0.25, 0.3) is 22.4 Å². The van der Waals surface area contributed by atoms with E-state index in [1.165, 1.54) is 6.33 Å². The monoisotopic (exact) mass is 346 g/mol. The standard InChI is InChI=1S/C17H15BN6O2/c25-18(26)12-5-3-4-11(8-12)9-19-17-21-10-20-16(22-17)15-13-6-1-2-7-14(13)23-24-15/h1-8,10,25-26H,9H2,(H,23,24)(H,19,20,21,22). The van der Waals surface area contributed by atoms with Gasteiger partial charge in [-0.15, -0.1) is 0 Å². The third kappa shape index (κ3) is 3.25. The van der Waals surface area contributed by atoms with Crippen LogP contribution >= 0.6 is 0 Å². The average Bonchev–Trinajstić information content (AvgIpc) is 3.11. The molecule has 4 rings (SSSR count). The molecule has 2 heterocycles. The van der Waals surface area contributed by atoms with E-state index < -0.39 is 7.12 Å². The molecule has 26 heavy (non-hydrogen) atoms. The summed E-state index contributed by atoms with van der Waals surface area (Å²) in [5.41, 5.74) is 2.89. The van der Waals surface area contributed by atoms with E-state index in [1.54, 1.807) is 18.2 Å². The lowest BCUT2D eigenvalue weighted by Crippen LogP contribution is -2.30. The Bertz CT molecular complexity index is 1050. The molecule has 128 valence electrons. The van der Waals surface area contributed by atoms with E-state index in [1.807, 2.05) is 30.3 Å². The average molecular weight is 346 g/mol. The van der Waals surface area contributed by atoms with Crippen LogP contribution in [0, 0.1) is 0 Å². The SMILES string of the molecule is OB(O)c1cccc(CNc2ncnc(-c3n[nH]c4ccccc34)n2)c1. The van der Waals surface area contributed by atoms with E-state index in [0.717, 1.165) is 16.5 Å². The molecule has 0 atom stereocenters. The topological polar surface area (TPSA) is 120 Å². The van der Waals surface area contributed by atoms with Gasteiger partial charge in [0.1, 0.15) is 12.0 Å². The molecule has 0 aliphatic rings. The van der Waals surface area contributed by atoms with Crippen LogP contribution in [0.1, 0.15) is 5.56 Å². The lowest BCUT2D eigenvalue weighted by molar-refractivity contribution is 0.425. The summed E-state index contributed by atoms with van der Waals surface area (Å²) in [5.74, 6) is 0.886. The second kappa shape index (κ2) is 6.91. The first-order valence-corrected chi connectivity index (χ1v) is 8.02. The van der Waals surface area contributed by atoms with Crippen molar-refractivity contribution in [1.29, 1.82) is 0 Å². The first kappa shape index (κ1) is 16.2. The first-order chi connectivity index (χ1) is 12.7. The number of nitrogens with zero attached hydrogens (tertiary/aromatic N) is 4. The van der Waals surface area contributed by atoms with E-state index in [2.05, 4.69) is 30.5 Å². The minimum Gasteiger partial charge on any atom is -0.423 e. The summed E-state index contributed by atoms with van der Waals surface area (Å²) in [6.07, 6.45) is 1.43. The molecule has 4 aromatic rings. The molecule has 0 aliphatic carbocycles. The summed E-state index contributed by atoms with van der Waals surface area (Å²) in [6, 6.07) is 14.8. The third-order valence-corrected chi connectivity index (χ3v) is 3.95. The van der Waals surface area contributed by atoms with Gasteiger partial charge in [0.15, 0.2) is 5.82 Å². The fourth-order valence-electron chi connectivity index (χ4n) is 2.67. The Morgan fingerprint density at radius 2 is 1.92 bits per heavy atom. The van der Waals surface area contributed by atoms with Crippen molar-refractivity contribution in [2.45, 2.75) is 6.54 Å². The van der Waals surface area contributed by atoms with Crippen LogP contribution in [-0.4, -0.2) is 42.3 Å². The van der Waals surface area contributed by atoms with E-state index in [0.29, 0.717) is 29.5 Å². The molecule has 0 radical (unpaired) electrons. The molecule has 0 bridgehead atoms. The molecule has 0 saturated heterocycles. The summed E-state index contributed by atoms with van der Waals surface area (Å²) in [6.45, 7) is 0.436. The fraction of sp³-hybridized carbons (Fsp3) is 0.0588. The first-order valence-electron chi connectivity index (χ1n) is 8.02. The molecule has 8 nitrogen and oxygen atoms in total. The predicted octanol–water partition coefficient (Wildman–Crippen LogP) is 0.707. The number of aromatic nitrogens is 5. The van der Waals surface area contributed by atoms with Crippen molar-refractivity contribution in [3.05, 3.63) is 60.4 Å². The van der Waals surface area contributed by atoms with Crippen LogP contribution in [0.3, 0.4) is 0 Å². The number of nitrogens with one attached hydrogen (secondary N) is 2. The number of anilines is 1. The van der Waals surface area contributed by atoms with Crippen LogP contribution < -0.4 is 10.8 Å². The zero-order chi connectivity index (χ0) is 17.9. The molecule has 0 spiro atoms. The highest BCUT2D eigenvalue weighted by molar-refractivity contribution is 6.58. The van der Waals surface area contributed by atoms with E-state index in [4.69, 9.17) is 0 Å². The number of H-pyrrole nitrogens is 1. The molecule has 0 amide bonds. The van der Waals surface area contributed by atoms with Gasteiger partial charge in [0.2, 0.25) is 5.95 Å². The maximum Gasteiger partial charge on any atom is 0.488 e. The second-order valence-corrected chi connectivity index (χ2v) is 5.72. The maximum absolute atomic E-state index is 9.25. The summed E-state index contributed by atoms with van der Waals surface area (Å²) in [4.78, 5) is 12.8. The van der Waals surface area contributed by atoms with Gasteiger partial charge in [0, 0.05) is 11.9 Å². The van der Waals surface area contributed by atoms with Crippen molar-refractivity contribution in [2.75, 3.05) is 5.32 Å². The number of para-hydroxylation sites is 1. The van der Waals surface area contributed by atoms with Gasteiger partial charge in [0.05, 0.1) is 5.52 Å². The van der Waals surface area contributed by atoms with Gasteiger partial charge in [-0.05, 0) is 17.1 Å². The largest absolute Gasteiger partial charge is 0.488 e. The maximum atomic E-state index is 9.25. The molecular formula is C17H15BN6O2. The number of hydrogen-bond acceptors (Lipinski definition) is 7. The van der Waals surface area contributed by atoms with Gasteiger partial charge < -0.3 is 15.4 Å². The van der Waals surface area contributed by atoms with E-state index in [-0.39, 0.29) is 0 Å². The van der Waals surface area contributed by atoms with Crippen molar-refractivity contribution in [3.8, 4) is 11.5 Å². The normalized spacial score (nSPS) is 10.8. The molecular weight excluding hydrogens is 331 g/mol. The molecule has 9 heteroatoms. The Balaban J connectivity index is 1.56. The number of fused-ring (bicyclic) bond motifs is 1. The molecule has 4 N–H and O–H groups in total. The summed E-state index contributed by atoms with van der Waals surface area (Å²) >= 11 is 0. The molecule has 2 aromatic carbocycles. The molecule has 0 saturated carbocycles. The lowest BCUT2D eigenvalue weighted by atomic mass is 9.80. The Morgan fingerprint density at radius 1 is 1.04 bits per heavy atom. The van der Waals surface area contributed by atoms with E-state index in [9.17, 15) is 10.0 Å². The predicted molar refractivity (Wildman–Crippen MR) is 98.5 cm³/mol. The Hall–Kier alpha value is -3.30. The van der Waals surface area contributed by atoms with Crippen molar-refractivity contribution >= 4 is 29.4 Å². The van der Waals surface area contributed by atoms with Gasteiger partial charge in [-0.3, -0.25) is 5.10 Å². The van der Waals surface area contributed by atoms with E-state index >= 15 is 0 Å². The molecule has 2 aromatic heterocycles. The van der Waals surface area contributed by atoms with Crippen molar-refractivity contribution in [1.82, 2.24) is 25.1 Å². The number of benzene rings is 2. The Morgan fingerprint density at radius 3 is 2.81 bits per heavy atom. The Kier molecular flexibility index (Phi) is 4.30. The summed E-state index contributed by atoms with van der Waals surface area (Å²) < 4.78 is 0. The van der Waals surface area contributed by atoms with Gasteiger partial charge >= 0.3 is 7.12 Å². The number of rotatable bonds is 5. The van der Waals surface area contributed by atoms with Crippen molar-refractivity contribution in [3.63, 3.8) is 0 Å². The molecule has 0 fully saturated rings. The quantitative estimate of drug-likeness (QED) is 0.393. The number of aromatic amines is 1. The smallest absolute Gasteiger partial charge is 0.423 e. The van der Waals surface area contributed by atoms with Gasteiger partial charge in [0.25, 0.3) is 0 Å². The summed E-state index contributed by atoms with van der Waals surface area (Å²) in [7, 11) is -1.49. The lowest BCUT2D eigenvalue weighted by Gasteiger charge is -2.07. The van der Waals surface area contributed by atoms with Crippen molar-refractivity contribution in [2.24, 2.45) is 0 Å². The van der Waals surface area contributed by atoms with Gasteiger partial charge in [-0.2, -0.15) is 10.1 Å². The van der Waals surface area contributed by atoms with Gasteiger partial charge in [-0.1, -0.05) is 42.5 Å². The highest BCUT2D eigenvalue weighted by atomic mass is 16.4. The van der Waals surface area contributed by atoms with Crippen LogP contribution in [0.5, 0.6) is 0 Å². The highest BCUT2D eigenvalue weighted by Crippen LogP contribution is 2.23. The molecule has 0 unspecified atom stereocenters. The van der Waals surface area contributed by atoms with Crippen LogP contribution in [0.2, 0.25) is 0 Å². The fourth-order valence-corrected chi connectivity index (χ4v) is 2.67. The van der Waals surface area contributed by atoms with Crippen molar-refractivity contribution < 1.29 is 10.0 Å². The minimum absolute atomic E-state index is 0.414. The van der Waals surface area contributed by atoms with Gasteiger partial charge in [-0.25, -0.2) is 9.97 Å². The summed E-state index contributed by atoms with van der Waals surface area (Å²) in [5, 5.41) is 29.8. The van der Waals surface area contributed by atoms with Crippen LogP contribution in [-0.2, 0) is 6.54 Å². The Labute approximate surface area is 149 Å². The van der Waals surface area contributed by atoms with Crippen LogP contribution in [0.4, 0.5) is 5.95 Å². The second-order valence-electron chi connectivity index (χ2n) is 5.72. The minimum atomic E-state index is -1.49. The van der Waals surface area contributed by atoms with Crippen LogP contribution in [0.15, 0.2) is 54.9 Å². The number of hydrogen-bond donors (Lipinski definition) is 4. The zero-order valence-corrected chi connectivity index (χ0v) is 13.7. The third-order valence-electron chi connectivity index (χ3n) is 3.95. The molecule has 0 aliphatic heterocycles. The highest BCUT2D eigenvalue weighted by Gasteiger charge is 2.12. The zero-order valence-electron chi connectivity index (χ0n) is 13.7.